The van der Waals surface area contributed by atoms with Gasteiger partial charge in [0, 0.05) is 13.1 Å². The highest BCUT2D eigenvalue weighted by atomic mass is 35.5. The number of carbonyl (C=O) groups excluding carboxylic acids is 1. The lowest BCUT2D eigenvalue weighted by Gasteiger charge is -2.33. The van der Waals surface area contributed by atoms with Crippen molar-refractivity contribution >= 4 is 50.2 Å². The molecular weight excluding hydrogens is 361 g/mol. The standard InChI is InChI=1S/C14H15Cl2N3O3S/c1-8-7-18(3-4-23(8,21)22)14-10(9(2)20)5-11(15)13-12(16)6-17-19(13)14/h5-6,8H,3-4,7H2,1-2H3. The zero-order chi connectivity index (χ0) is 16.9. The molecule has 2 aromatic heterocycles. The lowest BCUT2D eigenvalue weighted by molar-refractivity contribution is 0.101. The molecule has 1 aliphatic rings. The van der Waals surface area contributed by atoms with E-state index in [0.717, 1.165) is 0 Å². The molecule has 0 N–H and O–H groups in total. The summed E-state index contributed by atoms with van der Waals surface area (Å²) >= 11 is 12.4. The number of hydrogen-bond acceptors (Lipinski definition) is 5. The number of halogens is 2. The van der Waals surface area contributed by atoms with Gasteiger partial charge in [0.2, 0.25) is 0 Å². The summed E-state index contributed by atoms with van der Waals surface area (Å²) in [6.45, 7) is 3.69. The molecule has 1 fully saturated rings. The third-order valence-electron chi connectivity index (χ3n) is 4.08. The predicted molar refractivity (Wildman–Crippen MR) is 90.7 cm³/mol. The Bertz CT molecular complexity index is 908. The fourth-order valence-electron chi connectivity index (χ4n) is 2.79. The summed E-state index contributed by atoms with van der Waals surface area (Å²) in [4.78, 5) is 13.9. The van der Waals surface area contributed by atoms with Crippen LogP contribution in [-0.4, -0.2) is 47.9 Å². The number of hydrogen-bond donors (Lipinski definition) is 0. The van der Waals surface area contributed by atoms with Crippen molar-refractivity contribution in [3.63, 3.8) is 0 Å². The van der Waals surface area contributed by atoms with Crippen molar-refractivity contribution in [3.8, 4) is 0 Å². The third-order valence-corrected chi connectivity index (χ3v) is 6.77. The van der Waals surface area contributed by atoms with Gasteiger partial charge < -0.3 is 4.90 Å². The number of nitrogens with zero attached hydrogens (tertiary/aromatic N) is 3. The first kappa shape index (κ1) is 16.5. The molecule has 0 aromatic carbocycles. The Morgan fingerprint density at radius 3 is 2.65 bits per heavy atom. The van der Waals surface area contributed by atoms with Crippen molar-refractivity contribution in [2.45, 2.75) is 19.1 Å². The largest absolute Gasteiger partial charge is 0.354 e. The normalized spacial score (nSPS) is 20.9. The first-order valence-corrected chi connectivity index (χ1v) is 9.52. The summed E-state index contributed by atoms with van der Waals surface area (Å²) < 4.78 is 25.4. The van der Waals surface area contributed by atoms with Gasteiger partial charge in [-0.2, -0.15) is 5.10 Å². The second kappa shape index (κ2) is 5.65. The van der Waals surface area contributed by atoms with Crippen LogP contribution in [0.25, 0.3) is 5.52 Å². The number of ketones is 1. The molecule has 2 aromatic rings. The Morgan fingerprint density at radius 1 is 1.35 bits per heavy atom. The minimum atomic E-state index is -3.10. The van der Waals surface area contributed by atoms with Gasteiger partial charge >= 0.3 is 0 Å². The smallest absolute Gasteiger partial charge is 0.163 e. The highest BCUT2D eigenvalue weighted by molar-refractivity contribution is 7.92. The topological polar surface area (TPSA) is 71.8 Å². The Hall–Kier alpha value is -1.31. The molecule has 1 saturated heterocycles. The van der Waals surface area contributed by atoms with Crippen LogP contribution in [0.4, 0.5) is 5.82 Å². The maximum atomic E-state index is 12.0. The van der Waals surface area contributed by atoms with E-state index in [0.29, 0.717) is 33.5 Å². The van der Waals surface area contributed by atoms with Gasteiger partial charge in [0.15, 0.2) is 15.6 Å². The molecular formula is C14H15Cl2N3O3S. The van der Waals surface area contributed by atoms with Crippen molar-refractivity contribution in [3.05, 3.63) is 27.9 Å². The van der Waals surface area contributed by atoms with E-state index < -0.39 is 15.1 Å². The average molecular weight is 376 g/mol. The minimum Gasteiger partial charge on any atom is -0.354 e. The first-order valence-electron chi connectivity index (χ1n) is 7.05. The van der Waals surface area contributed by atoms with E-state index in [2.05, 4.69) is 5.10 Å². The minimum absolute atomic E-state index is 0.0324. The molecule has 0 saturated carbocycles. The van der Waals surface area contributed by atoms with Crippen LogP contribution in [0.15, 0.2) is 12.3 Å². The lowest BCUT2D eigenvalue weighted by Crippen LogP contribution is -2.46. The molecule has 3 heterocycles. The van der Waals surface area contributed by atoms with E-state index in [9.17, 15) is 13.2 Å². The van der Waals surface area contributed by atoms with E-state index in [4.69, 9.17) is 23.2 Å². The summed E-state index contributed by atoms with van der Waals surface area (Å²) in [6.07, 6.45) is 1.46. The van der Waals surface area contributed by atoms with E-state index in [1.54, 1.807) is 13.0 Å². The number of rotatable bonds is 2. The van der Waals surface area contributed by atoms with Crippen molar-refractivity contribution in [1.29, 1.82) is 0 Å². The number of anilines is 1. The Morgan fingerprint density at radius 2 is 2.04 bits per heavy atom. The fraction of sp³-hybridized carbons (Fsp3) is 0.429. The van der Waals surface area contributed by atoms with Crippen LogP contribution < -0.4 is 4.90 Å². The van der Waals surface area contributed by atoms with Gasteiger partial charge in [-0.15, -0.1) is 0 Å². The van der Waals surface area contributed by atoms with Crippen LogP contribution in [0.2, 0.25) is 10.0 Å². The summed E-state index contributed by atoms with van der Waals surface area (Å²) in [7, 11) is -3.10. The molecule has 3 rings (SSSR count). The molecule has 1 atom stereocenters. The van der Waals surface area contributed by atoms with Gasteiger partial charge in [0.1, 0.15) is 11.3 Å². The van der Waals surface area contributed by atoms with E-state index in [1.807, 2.05) is 4.90 Å². The van der Waals surface area contributed by atoms with Crippen molar-refractivity contribution in [2.24, 2.45) is 0 Å². The van der Waals surface area contributed by atoms with Gasteiger partial charge in [-0.3, -0.25) is 4.79 Å². The molecule has 0 spiro atoms. The maximum Gasteiger partial charge on any atom is 0.163 e. The van der Waals surface area contributed by atoms with Crippen LogP contribution in [0.5, 0.6) is 0 Å². The molecule has 23 heavy (non-hydrogen) atoms. The fourth-order valence-corrected chi connectivity index (χ4v) is 4.64. The summed E-state index contributed by atoms with van der Waals surface area (Å²) in [5.74, 6) is 0.395. The van der Waals surface area contributed by atoms with Crippen molar-refractivity contribution in [2.75, 3.05) is 23.7 Å². The molecule has 1 unspecified atom stereocenters. The van der Waals surface area contributed by atoms with Crippen LogP contribution in [0.3, 0.4) is 0 Å². The molecule has 1 aliphatic heterocycles. The summed E-state index contributed by atoms with van der Waals surface area (Å²) in [5, 5.41) is 4.41. The van der Waals surface area contributed by atoms with Gasteiger partial charge in [0.25, 0.3) is 0 Å². The van der Waals surface area contributed by atoms with Gasteiger partial charge in [-0.25, -0.2) is 12.9 Å². The Balaban J connectivity index is 2.22. The molecule has 0 amide bonds. The molecule has 124 valence electrons. The number of Topliss-reactive ketones (excluding diaryl/α,β-unsaturated/α-hetero) is 1. The van der Waals surface area contributed by atoms with E-state index in [-0.39, 0.29) is 18.1 Å². The number of sulfone groups is 1. The van der Waals surface area contributed by atoms with Crippen LogP contribution in [-0.2, 0) is 9.84 Å². The lowest BCUT2D eigenvalue weighted by atomic mass is 10.1. The molecule has 0 radical (unpaired) electrons. The van der Waals surface area contributed by atoms with E-state index >= 15 is 0 Å². The van der Waals surface area contributed by atoms with Crippen molar-refractivity contribution < 1.29 is 13.2 Å². The second-order valence-corrected chi connectivity index (χ2v) is 9.02. The molecule has 9 heteroatoms. The van der Waals surface area contributed by atoms with Crippen LogP contribution in [0, 0.1) is 0 Å². The monoisotopic (exact) mass is 375 g/mol. The molecule has 0 aliphatic carbocycles. The van der Waals surface area contributed by atoms with Crippen molar-refractivity contribution in [1.82, 2.24) is 9.61 Å². The van der Waals surface area contributed by atoms with E-state index in [1.165, 1.54) is 17.6 Å². The first-order chi connectivity index (χ1) is 10.7. The average Bonchev–Trinajstić information content (AvgIpc) is 2.85. The summed E-state index contributed by atoms with van der Waals surface area (Å²) in [6, 6.07) is 1.57. The number of fused-ring (bicyclic) bond motifs is 1. The molecule has 0 bridgehead atoms. The van der Waals surface area contributed by atoms with Gasteiger partial charge in [-0.05, 0) is 19.9 Å². The maximum absolute atomic E-state index is 12.0. The highest BCUT2D eigenvalue weighted by Gasteiger charge is 2.32. The third kappa shape index (κ3) is 2.70. The van der Waals surface area contributed by atoms with Crippen LogP contribution >= 0.6 is 23.2 Å². The van der Waals surface area contributed by atoms with Gasteiger partial charge in [-0.1, -0.05) is 23.2 Å². The van der Waals surface area contributed by atoms with Crippen LogP contribution in [0.1, 0.15) is 24.2 Å². The number of carbonyl (C=O) groups is 1. The zero-order valence-electron chi connectivity index (χ0n) is 12.6. The highest BCUT2D eigenvalue weighted by Crippen LogP contribution is 2.34. The molecule has 6 nitrogen and oxygen atoms in total. The second-order valence-electron chi connectivity index (χ2n) is 5.66. The number of aromatic nitrogens is 2. The Labute approximate surface area is 143 Å². The van der Waals surface area contributed by atoms with Gasteiger partial charge in [0.05, 0.1) is 32.8 Å². The number of pyridine rings is 1. The SMILES string of the molecule is CC(=O)c1cc(Cl)c2c(Cl)cnn2c1N1CCS(=O)(=O)C(C)C1. The quantitative estimate of drug-likeness (QED) is 0.753. The predicted octanol–water partition coefficient (Wildman–Crippen LogP) is 2.47. The Kier molecular flexibility index (Phi) is 4.06. The zero-order valence-corrected chi connectivity index (χ0v) is 14.9. The summed E-state index contributed by atoms with van der Waals surface area (Å²) in [5.41, 5.74) is 0.906.